The van der Waals surface area contributed by atoms with Gasteiger partial charge in [0.1, 0.15) is 0 Å². The summed E-state index contributed by atoms with van der Waals surface area (Å²) in [5.41, 5.74) is 7.36. The first-order chi connectivity index (χ1) is 4.88. The van der Waals surface area contributed by atoms with E-state index in [0.717, 1.165) is 0 Å². The van der Waals surface area contributed by atoms with Gasteiger partial charge in [-0.1, -0.05) is 0 Å². The lowest BCUT2D eigenvalue weighted by Crippen LogP contribution is -2.30. The molecule has 10 heavy (non-hydrogen) atoms. The number of fused-ring (bicyclic) bond motifs is 1. The summed E-state index contributed by atoms with van der Waals surface area (Å²) < 4.78 is 1.21. The van der Waals surface area contributed by atoms with Crippen LogP contribution in [0.1, 0.15) is 0 Å². The van der Waals surface area contributed by atoms with Gasteiger partial charge in [0.2, 0.25) is 5.95 Å². The Kier molecular flexibility index (Phi) is 0.896. The highest BCUT2D eigenvalue weighted by molar-refractivity contribution is 5.27. The summed E-state index contributed by atoms with van der Waals surface area (Å²) in [6.07, 6.45) is 1.32. The van der Waals surface area contributed by atoms with Crippen molar-refractivity contribution in [3.63, 3.8) is 0 Å². The van der Waals surface area contributed by atoms with Crippen molar-refractivity contribution >= 4 is 5.95 Å². The van der Waals surface area contributed by atoms with E-state index < -0.39 is 0 Å². The largest absolute Gasteiger partial charge is 0.282 e. The second kappa shape index (κ2) is 1.71. The van der Waals surface area contributed by atoms with Crippen molar-refractivity contribution in [1.29, 1.82) is 0 Å². The fourth-order valence-electron chi connectivity index (χ4n) is 0.699. The first-order valence-electron chi connectivity index (χ1n) is 2.65. The number of aromatic nitrogens is 2. The molecule has 1 aliphatic heterocycles. The van der Waals surface area contributed by atoms with Crippen LogP contribution in [-0.2, 0) is 0 Å². The molecule has 0 aromatic carbocycles. The topological polar surface area (TPSA) is 71.0 Å². The van der Waals surface area contributed by atoms with E-state index in [0.29, 0.717) is 5.95 Å². The predicted molar refractivity (Wildman–Crippen MR) is 33.5 cm³/mol. The van der Waals surface area contributed by atoms with Crippen molar-refractivity contribution in [2.75, 3.05) is 11.0 Å². The number of nitrogens with zero attached hydrogens (tertiary/aromatic N) is 2. The molecule has 0 amide bonds. The van der Waals surface area contributed by atoms with Crippen molar-refractivity contribution in [1.82, 2.24) is 15.2 Å². The highest BCUT2D eigenvalue weighted by Gasteiger charge is 2.08. The Bertz CT molecular complexity index is 305. The second-order valence-corrected chi connectivity index (χ2v) is 1.73. The third-order valence-corrected chi connectivity index (χ3v) is 1.13. The predicted octanol–water partition coefficient (Wildman–Crippen LogP) is -1.57. The number of anilines is 1. The smallest absolute Gasteiger partial charge is 0.270 e. The van der Waals surface area contributed by atoms with Gasteiger partial charge in [-0.05, 0) is 0 Å². The number of rotatable bonds is 0. The average Bonchev–Trinajstić information content (AvgIpc) is 2.36. The Balaban J connectivity index is 2.70. The quantitative estimate of drug-likeness (QED) is 0.404. The summed E-state index contributed by atoms with van der Waals surface area (Å²) in [7, 11) is 0. The third kappa shape index (κ3) is 0.560. The van der Waals surface area contributed by atoms with E-state index in [1.165, 1.54) is 10.9 Å². The fourth-order valence-corrected chi connectivity index (χ4v) is 0.699. The Morgan fingerprint density at radius 1 is 1.70 bits per heavy atom. The molecule has 3 N–H and O–H groups in total. The van der Waals surface area contributed by atoms with Crippen LogP contribution in [0.4, 0.5) is 5.95 Å². The molecular weight excluding hydrogens is 134 g/mol. The molecule has 2 rings (SSSR count). The number of nitrogens with one attached hydrogen (secondary N) is 3. The minimum Gasteiger partial charge on any atom is -0.270 e. The van der Waals surface area contributed by atoms with Crippen molar-refractivity contribution < 1.29 is 0 Å². The molecule has 0 saturated carbocycles. The van der Waals surface area contributed by atoms with Crippen molar-refractivity contribution in [3.05, 3.63) is 22.6 Å². The van der Waals surface area contributed by atoms with Gasteiger partial charge in [0.05, 0.1) is 6.07 Å². The summed E-state index contributed by atoms with van der Waals surface area (Å²) >= 11 is 0. The number of hydrogen-bond donors (Lipinski definition) is 3. The van der Waals surface area contributed by atoms with Gasteiger partial charge in [0.25, 0.3) is 5.56 Å². The molecule has 0 unspecified atom stereocenters. The standard InChI is InChI=1S/C4H4N5O/c10-3-1-2-5-4-6-7-8-9(3)4/h2,7-8H,(H,5,6). The van der Waals surface area contributed by atoms with E-state index in [-0.39, 0.29) is 5.56 Å². The summed E-state index contributed by atoms with van der Waals surface area (Å²) in [4.78, 5) is 14.6. The summed E-state index contributed by atoms with van der Waals surface area (Å²) in [6, 6.07) is 2.39. The van der Waals surface area contributed by atoms with Gasteiger partial charge < -0.3 is 0 Å². The van der Waals surface area contributed by atoms with Crippen LogP contribution in [0.5, 0.6) is 0 Å². The van der Waals surface area contributed by atoms with Crippen LogP contribution in [0.25, 0.3) is 0 Å². The van der Waals surface area contributed by atoms with Gasteiger partial charge in [-0.2, -0.15) is 4.68 Å². The molecule has 51 valence electrons. The summed E-state index contributed by atoms with van der Waals surface area (Å²) in [5, 5.41) is 0. The lowest BCUT2D eigenvalue weighted by Gasteiger charge is -1.94. The zero-order valence-corrected chi connectivity index (χ0v) is 4.88. The SMILES string of the molecule is O=c1[c]cnc2n1NNN2. The molecule has 0 atom stereocenters. The molecule has 0 fully saturated rings. The Morgan fingerprint density at radius 2 is 2.60 bits per heavy atom. The minimum atomic E-state index is -0.275. The molecule has 2 heterocycles. The van der Waals surface area contributed by atoms with E-state index in [1.807, 2.05) is 0 Å². The van der Waals surface area contributed by atoms with Crippen LogP contribution < -0.4 is 22.1 Å². The zero-order valence-electron chi connectivity index (χ0n) is 4.88. The highest BCUT2D eigenvalue weighted by Crippen LogP contribution is 1.95. The molecule has 6 heteroatoms. The molecule has 1 aromatic heterocycles. The van der Waals surface area contributed by atoms with E-state index in [4.69, 9.17) is 0 Å². The third-order valence-electron chi connectivity index (χ3n) is 1.13. The van der Waals surface area contributed by atoms with Crippen LogP contribution in [-0.4, -0.2) is 9.66 Å². The maximum absolute atomic E-state index is 10.8. The van der Waals surface area contributed by atoms with Gasteiger partial charge in [-0.15, -0.1) is 5.53 Å². The molecule has 0 aliphatic carbocycles. The lowest BCUT2D eigenvalue weighted by molar-refractivity contribution is 0.816. The summed E-state index contributed by atoms with van der Waals surface area (Å²) in [6.45, 7) is 0. The van der Waals surface area contributed by atoms with Crippen molar-refractivity contribution in [2.45, 2.75) is 0 Å². The van der Waals surface area contributed by atoms with Gasteiger partial charge >= 0.3 is 0 Å². The van der Waals surface area contributed by atoms with E-state index in [9.17, 15) is 4.79 Å². The Labute approximate surface area is 55.8 Å². The highest BCUT2D eigenvalue weighted by atomic mass is 16.1. The second-order valence-electron chi connectivity index (χ2n) is 1.73. The molecule has 1 aliphatic rings. The van der Waals surface area contributed by atoms with E-state index in [2.05, 4.69) is 27.5 Å². The maximum Gasteiger partial charge on any atom is 0.282 e. The van der Waals surface area contributed by atoms with Crippen molar-refractivity contribution in [3.8, 4) is 0 Å². The molecule has 0 saturated heterocycles. The van der Waals surface area contributed by atoms with Crippen LogP contribution in [0, 0.1) is 6.07 Å². The first kappa shape index (κ1) is 5.24. The lowest BCUT2D eigenvalue weighted by atomic mass is 10.6. The molecule has 6 nitrogen and oxygen atoms in total. The fraction of sp³-hybridized carbons (Fsp3) is 0. The van der Waals surface area contributed by atoms with Crippen LogP contribution in [0.2, 0.25) is 0 Å². The van der Waals surface area contributed by atoms with Gasteiger partial charge in [-0.3, -0.25) is 10.2 Å². The molecule has 0 bridgehead atoms. The number of hydrazine groups is 2. The van der Waals surface area contributed by atoms with E-state index in [1.54, 1.807) is 0 Å². The van der Waals surface area contributed by atoms with Crippen LogP contribution >= 0.6 is 0 Å². The normalized spacial score (nSPS) is 13.6. The monoisotopic (exact) mass is 138 g/mol. The summed E-state index contributed by atoms with van der Waals surface area (Å²) in [5.74, 6) is 0.434. The van der Waals surface area contributed by atoms with Gasteiger partial charge in [0.15, 0.2) is 0 Å². The molecule has 0 spiro atoms. The Hall–Kier alpha value is -1.56. The van der Waals surface area contributed by atoms with Crippen LogP contribution in [0.15, 0.2) is 11.0 Å². The van der Waals surface area contributed by atoms with Crippen molar-refractivity contribution in [2.24, 2.45) is 0 Å². The average molecular weight is 138 g/mol. The molecule has 1 aromatic rings. The first-order valence-corrected chi connectivity index (χ1v) is 2.65. The Morgan fingerprint density at radius 3 is 3.40 bits per heavy atom. The van der Waals surface area contributed by atoms with E-state index >= 15 is 0 Å². The minimum absolute atomic E-state index is 0.275. The zero-order chi connectivity index (χ0) is 6.97. The van der Waals surface area contributed by atoms with Gasteiger partial charge in [0, 0.05) is 6.20 Å². The molecule has 1 radical (unpaired) electrons. The van der Waals surface area contributed by atoms with Crippen LogP contribution in [0.3, 0.4) is 0 Å². The van der Waals surface area contributed by atoms with Gasteiger partial charge in [-0.25, -0.2) is 10.5 Å². The maximum atomic E-state index is 10.8. The molecular formula is C4H4N5O. The number of hydrogen-bond acceptors (Lipinski definition) is 5.